The van der Waals surface area contributed by atoms with E-state index in [9.17, 15) is 4.79 Å². The fourth-order valence-electron chi connectivity index (χ4n) is 4.08. The Balaban J connectivity index is 1.52. The molecule has 2 fully saturated rings. The first-order valence-corrected chi connectivity index (χ1v) is 9.57. The second kappa shape index (κ2) is 7.03. The molecular weight excluding hydrogens is 312 g/mol. The average molecular weight is 338 g/mol. The third kappa shape index (κ3) is 3.35. The van der Waals surface area contributed by atoms with E-state index in [1.807, 2.05) is 12.3 Å². The van der Waals surface area contributed by atoms with Gasteiger partial charge in [0.1, 0.15) is 11.5 Å². The predicted molar refractivity (Wildman–Crippen MR) is 96.1 cm³/mol. The first-order chi connectivity index (χ1) is 12.3. The molecule has 0 spiro atoms. The molecule has 3 atom stereocenters. The number of pyridine rings is 1. The fraction of sp³-hybridized carbons (Fsp3) is 0.524. The van der Waals surface area contributed by atoms with Crippen LogP contribution < -0.4 is 0 Å². The second-order valence-electron chi connectivity index (χ2n) is 7.29. The molecule has 25 heavy (non-hydrogen) atoms. The van der Waals surface area contributed by atoms with Crippen molar-refractivity contribution in [1.82, 2.24) is 9.88 Å². The number of amides is 1. The molecule has 3 heterocycles. The zero-order valence-corrected chi connectivity index (χ0v) is 14.9. The molecule has 0 unspecified atom stereocenters. The molecule has 4 nitrogen and oxygen atoms in total. The van der Waals surface area contributed by atoms with Gasteiger partial charge in [-0.25, -0.2) is 0 Å². The molecule has 1 aliphatic carbocycles. The molecule has 2 aliphatic rings. The summed E-state index contributed by atoms with van der Waals surface area (Å²) in [6.45, 7) is 2.95. The number of hydrogen-bond acceptors (Lipinski definition) is 3. The van der Waals surface area contributed by atoms with Crippen LogP contribution in [0.25, 0.3) is 0 Å². The van der Waals surface area contributed by atoms with Gasteiger partial charge in [0.2, 0.25) is 5.91 Å². The van der Waals surface area contributed by atoms with Crippen molar-refractivity contribution >= 4 is 5.91 Å². The maximum absolute atomic E-state index is 13.2. The van der Waals surface area contributed by atoms with E-state index < -0.39 is 0 Å². The summed E-state index contributed by atoms with van der Waals surface area (Å²) < 4.78 is 6.02. The second-order valence-corrected chi connectivity index (χ2v) is 7.29. The molecule has 132 valence electrons. The van der Waals surface area contributed by atoms with Crippen LogP contribution in [0.5, 0.6) is 0 Å². The van der Waals surface area contributed by atoms with E-state index in [1.165, 1.54) is 12.0 Å². The number of aromatic nitrogens is 1. The minimum atomic E-state index is 0.102. The lowest BCUT2D eigenvalue weighted by atomic mass is 10.1. The maximum Gasteiger partial charge on any atom is 0.226 e. The van der Waals surface area contributed by atoms with Gasteiger partial charge in [-0.1, -0.05) is 25.8 Å². The molecule has 0 N–H and O–H groups in total. The number of likely N-dealkylation sites (tertiary alicyclic amines) is 1. The fourth-order valence-corrected chi connectivity index (χ4v) is 4.08. The third-order valence-electron chi connectivity index (χ3n) is 5.62. The Bertz CT molecular complexity index is 725. The Morgan fingerprint density at radius 1 is 1.28 bits per heavy atom. The summed E-state index contributed by atoms with van der Waals surface area (Å²) >= 11 is 0. The predicted octanol–water partition coefficient (Wildman–Crippen LogP) is 4.48. The van der Waals surface area contributed by atoms with Gasteiger partial charge in [0.15, 0.2) is 0 Å². The summed E-state index contributed by atoms with van der Waals surface area (Å²) in [5, 5.41) is 0. The highest BCUT2D eigenvalue weighted by Crippen LogP contribution is 2.49. The van der Waals surface area contributed by atoms with Gasteiger partial charge in [0, 0.05) is 31.3 Å². The highest BCUT2D eigenvalue weighted by atomic mass is 16.3. The van der Waals surface area contributed by atoms with E-state index >= 15 is 0 Å². The number of carbonyl (C=O) groups is 1. The quantitative estimate of drug-likeness (QED) is 0.825. The maximum atomic E-state index is 13.2. The van der Waals surface area contributed by atoms with Gasteiger partial charge < -0.3 is 9.32 Å². The van der Waals surface area contributed by atoms with Gasteiger partial charge in [0.05, 0.1) is 6.04 Å². The van der Waals surface area contributed by atoms with Crippen molar-refractivity contribution < 1.29 is 9.21 Å². The van der Waals surface area contributed by atoms with E-state index in [4.69, 9.17) is 4.42 Å². The van der Waals surface area contributed by atoms with Gasteiger partial charge in [-0.2, -0.15) is 0 Å². The van der Waals surface area contributed by atoms with Crippen molar-refractivity contribution in [3.05, 3.63) is 53.7 Å². The molecule has 4 heteroatoms. The highest BCUT2D eigenvalue weighted by Gasteiger charge is 2.47. The lowest BCUT2D eigenvalue weighted by Crippen LogP contribution is -2.36. The first-order valence-electron chi connectivity index (χ1n) is 9.57. The molecular formula is C21H26N2O2. The van der Waals surface area contributed by atoms with E-state index in [2.05, 4.69) is 35.0 Å². The van der Waals surface area contributed by atoms with Crippen molar-refractivity contribution in [2.45, 2.75) is 57.4 Å². The number of nitrogens with zero attached hydrogens (tertiary/aromatic N) is 2. The molecule has 1 aliphatic heterocycles. The number of aryl methyl sites for hydroxylation is 1. The van der Waals surface area contributed by atoms with Gasteiger partial charge in [0.25, 0.3) is 0 Å². The van der Waals surface area contributed by atoms with E-state index in [0.717, 1.165) is 50.2 Å². The van der Waals surface area contributed by atoms with Crippen LogP contribution in [0.3, 0.4) is 0 Å². The molecule has 0 bridgehead atoms. The van der Waals surface area contributed by atoms with Crippen molar-refractivity contribution in [2.75, 3.05) is 6.54 Å². The molecule has 1 amide bonds. The Morgan fingerprint density at radius 3 is 2.96 bits per heavy atom. The van der Waals surface area contributed by atoms with Crippen LogP contribution >= 0.6 is 0 Å². The van der Waals surface area contributed by atoms with E-state index in [0.29, 0.717) is 11.8 Å². The van der Waals surface area contributed by atoms with Crippen molar-refractivity contribution in [2.24, 2.45) is 5.92 Å². The zero-order valence-electron chi connectivity index (χ0n) is 14.9. The molecule has 2 aromatic heterocycles. The summed E-state index contributed by atoms with van der Waals surface area (Å²) in [5.41, 5.74) is 1.19. The Morgan fingerprint density at radius 2 is 2.20 bits per heavy atom. The van der Waals surface area contributed by atoms with Gasteiger partial charge in [-0.3, -0.25) is 9.78 Å². The lowest BCUT2D eigenvalue weighted by molar-refractivity contribution is -0.135. The zero-order chi connectivity index (χ0) is 17.2. The summed E-state index contributed by atoms with van der Waals surface area (Å²) in [6, 6.07) is 8.27. The molecule has 2 aromatic rings. The SMILES string of the molecule is CCc1ccc([C@@H]2CCCCCN2C(=O)[C@@H]2C[C@@H]2c2cccnc2)o1. The number of rotatable bonds is 4. The number of furan rings is 1. The van der Waals surface area contributed by atoms with Crippen LogP contribution in [0.15, 0.2) is 41.1 Å². The Hall–Kier alpha value is -2.10. The van der Waals surface area contributed by atoms with Crippen LogP contribution in [0.2, 0.25) is 0 Å². The lowest BCUT2D eigenvalue weighted by Gasteiger charge is -2.29. The minimum Gasteiger partial charge on any atom is -0.464 e. The molecule has 4 rings (SSSR count). The van der Waals surface area contributed by atoms with E-state index in [1.54, 1.807) is 6.20 Å². The number of hydrogen-bond donors (Lipinski definition) is 0. The topological polar surface area (TPSA) is 46.3 Å². The Labute approximate surface area is 149 Å². The summed E-state index contributed by atoms with van der Waals surface area (Å²) in [7, 11) is 0. The van der Waals surface area contributed by atoms with Crippen molar-refractivity contribution in [3.63, 3.8) is 0 Å². The van der Waals surface area contributed by atoms with Crippen LogP contribution in [0, 0.1) is 5.92 Å². The minimum absolute atomic E-state index is 0.102. The summed E-state index contributed by atoms with van der Waals surface area (Å²) in [4.78, 5) is 19.5. The van der Waals surface area contributed by atoms with Crippen LogP contribution in [0.4, 0.5) is 0 Å². The molecule has 1 saturated carbocycles. The standard InChI is InChI=1S/C21H26N2O2/c1-2-16-9-10-20(25-16)19-8-4-3-5-12-23(19)21(24)18-13-17(18)15-7-6-11-22-14-15/h6-7,9-11,14,17-19H,2-5,8,12-13H2,1H3/t17-,18-,19+/m1/s1. The summed E-state index contributed by atoms with van der Waals surface area (Å²) in [6.07, 6.45) is 9.98. The van der Waals surface area contributed by atoms with Crippen molar-refractivity contribution in [3.8, 4) is 0 Å². The average Bonchev–Trinajstić information content (AvgIpc) is 3.38. The van der Waals surface area contributed by atoms with Gasteiger partial charge in [-0.15, -0.1) is 0 Å². The van der Waals surface area contributed by atoms with Crippen LogP contribution in [0.1, 0.15) is 68.1 Å². The van der Waals surface area contributed by atoms with Crippen LogP contribution in [-0.2, 0) is 11.2 Å². The third-order valence-corrected chi connectivity index (χ3v) is 5.62. The smallest absolute Gasteiger partial charge is 0.226 e. The Kier molecular flexibility index (Phi) is 4.60. The van der Waals surface area contributed by atoms with E-state index in [-0.39, 0.29) is 12.0 Å². The van der Waals surface area contributed by atoms with Gasteiger partial charge in [-0.05, 0) is 48.9 Å². The molecule has 0 radical (unpaired) electrons. The summed E-state index contributed by atoms with van der Waals surface area (Å²) in [5.74, 6) is 2.73. The van der Waals surface area contributed by atoms with Crippen LogP contribution in [-0.4, -0.2) is 22.3 Å². The van der Waals surface area contributed by atoms with Crippen molar-refractivity contribution in [1.29, 1.82) is 0 Å². The molecule has 0 aromatic carbocycles. The number of carbonyl (C=O) groups excluding carboxylic acids is 1. The van der Waals surface area contributed by atoms with Gasteiger partial charge >= 0.3 is 0 Å². The largest absolute Gasteiger partial charge is 0.464 e. The highest BCUT2D eigenvalue weighted by molar-refractivity contribution is 5.83. The monoisotopic (exact) mass is 338 g/mol. The first kappa shape index (κ1) is 16.4. The normalized spacial score (nSPS) is 26.3. The molecule has 1 saturated heterocycles.